The zero-order valence-electron chi connectivity index (χ0n) is 9.81. The average molecular weight is 198 g/mol. The van der Waals surface area contributed by atoms with E-state index in [0.29, 0.717) is 12.0 Å². The SMILES string of the molecule is CCCCCCC(CC(C)C)N[C]=O. The van der Waals surface area contributed by atoms with Gasteiger partial charge in [0.05, 0.1) is 0 Å². The van der Waals surface area contributed by atoms with Gasteiger partial charge >= 0.3 is 6.41 Å². The Morgan fingerprint density at radius 3 is 2.43 bits per heavy atom. The lowest BCUT2D eigenvalue weighted by atomic mass is 9.98. The van der Waals surface area contributed by atoms with E-state index in [-0.39, 0.29) is 0 Å². The highest BCUT2D eigenvalue weighted by Crippen LogP contribution is 2.12. The van der Waals surface area contributed by atoms with Gasteiger partial charge in [0.25, 0.3) is 0 Å². The van der Waals surface area contributed by atoms with Crippen LogP contribution in [0.1, 0.15) is 59.3 Å². The molecule has 0 fully saturated rings. The zero-order chi connectivity index (χ0) is 10.8. The molecule has 0 aliphatic rings. The fourth-order valence-electron chi connectivity index (χ4n) is 1.72. The standard InChI is InChI=1S/C12H24NO/c1-4-5-6-7-8-12(13-10-14)9-11(2)3/h11-12H,4-9H2,1-3H3,(H,13,14). The maximum Gasteiger partial charge on any atom is 0.309 e. The van der Waals surface area contributed by atoms with E-state index in [1.165, 1.54) is 25.7 Å². The van der Waals surface area contributed by atoms with E-state index in [4.69, 9.17) is 0 Å². The van der Waals surface area contributed by atoms with Crippen molar-refractivity contribution in [2.75, 3.05) is 0 Å². The molecule has 1 N–H and O–H groups in total. The highest BCUT2D eigenvalue weighted by Gasteiger charge is 2.09. The van der Waals surface area contributed by atoms with Gasteiger partial charge in [0.2, 0.25) is 0 Å². The van der Waals surface area contributed by atoms with E-state index >= 15 is 0 Å². The van der Waals surface area contributed by atoms with Gasteiger partial charge < -0.3 is 5.32 Å². The van der Waals surface area contributed by atoms with E-state index in [1.54, 1.807) is 0 Å². The Bertz CT molecular complexity index is 134. The van der Waals surface area contributed by atoms with Crippen LogP contribution in [0.4, 0.5) is 0 Å². The molecule has 1 radical (unpaired) electrons. The van der Waals surface area contributed by atoms with Gasteiger partial charge in [0.15, 0.2) is 0 Å². The van der Waals surface area contributed by atoms with Gasteiger partial charge in [-0.25, -0.2) is 0 Å². The number of amides is 1. The molecule has 2 heteroatoms. The van der Waals surface area contributed by atoms with Crippen LogP contribution >= 0.6 is 0 Å². The first-order valence-corrected chi connectivity index (χ1v) is 5.83. The maximum atomic E-state index is 10.2. The Morgan fingerprint density at radius 2 is 1.93 bits per heavy atom. The molecule has 1 unspecified atom stereocenters. The maximum absolute atomic E-state index is 10.2. The van der Waals surface area contributed by atoms with Crippen molar-refractivity contribution in [3.63, 3.8) is 0 Å². The Hall–Kier alpha value is -0.530. The van der Waals surface area contributed by atoms with E-state index in [0.717, 1.165) is 12.8 Å². The van der Waals surface area contributed by atoms with Gasteiger partial charge in [-0.1, -0.05) is 46.5 Å². The van der Waals surface area contributed by atoms with Crippen LogP contribution in [0, 0.1) is 5.92 Å². The molecule has 0 aromatic heterocycles. The van der Waals surface area contributed by atoms with Crippen molar-refractivity contribution < 1.29 is 4.79 Å². The van der Waals surface area contributed by atoms with Crippen molar-refractivity contribution in [1.82, 2.24) is 5.32 Å². The van der Waals surface area contributed by atoms with Crippen molar-refractivity contribution in [2.45, 2.75) is 65.3 Å². The molecule has 0 saturated carbocycles. The molecule has 0 aromatic rings. The predicted octanol–water partition coefficient (Wildman–Crippen LogP) is 3.03. The molecule has 0 rings (SSSR count). The topological polar surface area (TPSA) is 29.1 Å². The molecule has 0 heterocycles. The highest BCUT2D eigenvalue weighted by molar-refractivity contribution is 5.47. The van der Waals surface area contributed by atoms with Crippen molar-refractivity contribution >= 4 is 6.41 Å². The summed E-state index contributed by atoms with van der Waals surface area (Å²) in [5, 5.41) is 2.79. The second-order valence-electron chi connectivity index (χ2n) is 4.42. The molecule has 0 aromatic carbocycles. The van der Waals surface area contributed by atoms with Gasteiger partial charge in [-0.05, 0) is 18.8 Å². The summed E-state index contributed by atoms with van der Waals surface area (Å²) in [7, 11) is 0. The molecule has 0 aliphatic heterocycles. The van der Waals surface area contributed by atoms with Gasteiger partial charge in [0, 0.05) is 6.04 Å². The largest absolute Gasteiger partial charge is 0.345 e. The second kappa shape index (κ2) is 9.04. The first-order chi connectivity index (χ1) is 6.70. The third kappa shape index (κ3) is 8.09. The lowest BCUT2D eigenvalue weighted by Crippen LogP contribution is -2.29. The van der Waals surface area contributed by atoms with Gasteiger partial charge in [0.1, 0.15) is 0 Å². The number of unbranched alkanes of at least 4 members (excludes halogenated alkanes) is 3. The van der Waals surface area contributed by atoms with Crippen LogP contribution in [0.5, 0.6) is 0 Å². The number of carbonyl (C=O) groups excluding carboxylic acids is 1. The van der Waals surface area contributed by atoms with E-state index in [9.17, 15) is 4.79 Å². The summed E-state index contributed by atoms with van der Waals surface area (Å²) in [4.78, 5) is 10.2. The van der Waals surface area contributed by atoms with Crippen molar-refractivity contribution in [1.29, 1.82) is 0 Å². The molecular weight excluding hydrogens is 174 g/mol. The Kier molecular flexibility index (Phi) is 8.70. The summed E-state index contributed by atoms with van der Waals surface area (Å²) >= 11 is 0. The predicted molar refractivity (Wildman–Crippen MR) is 60.8 cm³/mol. The number of rotatable bonds is 9. The van der Waals surface area contributed by atoms with Crippen LogP contribution in [0.25, 0.3) is 0 Å². The smallest absolute Gasteiger partial charge is 0.309 e. The van der Waals surface area contributed by atoms with Crippen LogP contribution < -0.4 is 5.32 Å². The molecule has 1 amide bonds. The Morgan fingerprint density at radius 1 is 1.21 bits per heavy atom. The van der Waals surface area contributed by atoms with E-state index in [1.807, 2.05) is 6.41 Å². The number of hydrogen-bond donors (Lipinski definition) is 1. The van der Waals surface area contributed by atoms with Gasteiger partial charge in [-0.3, -0.25) is 4.79 Å². The Labute approximate surface area is 88.5 Å². The van der Waals surface area contributed by atoms with Gasteiger partial charge in [-0.15, -0.1) is 0 Å². The molecule has 0 saturated heterocycles. The molecule has 0 spiro atoms. The highest BCUT2D eigenvalue weighted by atomic mass is 16.1. The minimum absolute atomic E-state index is 0.337. The molecular formula is C12H24NO. The minimum Gasteiger partial charge on any atom is -0.345 e. The summed E-state index contributed by atoms with van der Waals surface area (Å²) in [6.45, 7) is 6.58. The molecule has 2 nitrogen and oxygen atoms in total. The fraction of sp³-hybridized carbons (Fsp3) is 0.917. The molecule has 83 valence electrons. The monoisotopic (exact) mass is 198 g/mol. The molecule has 0 aliphatic carbocycles. The third-order valence-electron chi connectivity index (χ3n) is 2.43. The summed E-state index contributed by atoms with van der Waals surface area (Å²) in [5.74, 6) is 0.645. The summed E-state index contributed by atoms with van der Waals surface area (Å²) < 4.78 is 0. The van der Waals surface area contributed by atoms with E-state index in [2.05, 4.69) is 26.1 Å². The van der Waals surface area contributed by atoms with Crippen LogP contribution in [0.15, 0.2) is 0 Å². The summed E-state index contributed by atoms with van der Waals surface area (Å²) in [5.41, 5.74) is 0. The van der Waals surface area contributed by atoms with Crippen molar-refractivity contribution in [3.8, 4) is 0 Å². The summed E-state index contributed by atoms with van der Waals surface area (Å²) in [6.07, 6.45) is 9.07. The Balaban J connectivity index is 3.56. The first-order valence-electron chi connectivity index (χ1n) is 5.83. The second-order valence-corrected chi connectivity index (χ2v) is 4.42. The lowest BCUT2D eigenvalue weighted by molar-refractivity contribution is 0.414. The summed E-state index contributed by atoms with van der Waals surface area (Å²) in [6, 6.07) is 0.337. The molecule has 1 atom stereocenters. The molecule has 0 bridgehead atoms. The first kappa shape index (κ1) is 13.5. The quantitative estimate of drug-likeness (QED) is 0.448. The van der Waals surface area contributed by atoms with Crippen molar-refractivity contribution in [2.24, 2.45) is 5.92 Å². The van der Waals surface area contributed by atoms with Crippen LogP contribution in [0.2, 0.25) is 0 Å². The number of nitrogens with one attached hydrogen (secondary N) is 1. The minimum atomic E-state index is 0.337. The van der Waals surface area contributed by atoms with Gasteiger partial charge in [-0.2, -0.15) is 0 Å². The molecule has 14 heavy (non-hydrogen) atoms. The van der Waals surface area contributed by atoms with Crippen LogP contribution in [0.3, 0.4) is 0 Å². The van der Waals surface area contributed by atoms with E-state index < -0.39 is 0 Å². The van der Waals surface area contributed by atoms with Crippen LogP contribution in [-0.2, 0) is 4.79 Å². The lowest BCUT2D eigenvalue weighted by Gasteiger charge is -2.17. The average Bonchev–Trinajstić information content (AvgIpc) is 2.12. The zero-order valence-corrected chi connectivity index (χ0v) is 9.81. The van der Waals surface area contributed by atoms with Crippen molar-refractivity contribution in [3.05, 3.63) is 0 Å². The number of hydrogen-bond acceptors (Lipinski definition) is 1. The van der Waals surface area contributed by atoms with Crippen LogP contribution in [-0.4, -0.2) is 12.5 Å². The third-order valence-corrected chi connectivity index (χ3v) is 2.43. The fourth-order valence-corrected chi connectivity index (χ4v) is 1.72. The normalized spacial score (nSPS) is 12.9.